The number of benzene rings is 1. The molecule has 1 aromatic heterocycles. The Bertz CT molecular complexity index is 1160. The number of rotatable bonds is 8. The number of amides is 1. The Hall–Kier alpha value is -2.53. The summed E-state index contributed by atoms with van der Waals surface area (Å²) in [6, 6.07) is 8.59. The molecular weight excluding hydrogens is 482 g/mol. The number of pyridine rings is 1. The second kappa shape index (κ2) is 10.8. The molecule has 36 heavy (non-hydrogen) atoms. The molecule has 4 rings (SSSR count). The van der Waals surface area contributed by atoms with Crippen molar-refractivity contribution in [2.75, 3.05) is 40.0 Å². The highest BCUT2D eigenvalue weighted by atomic mass is 32.2. The van der Waals surface area contributed by atoms with Gasteiger partial charge in [0.05, 0.1) is 24.3 Å². The van der Waals surface area contributed by atoms with Gasteiger partial charge in [-0.25, -0.2) is 8.42 Å². The second-order valence-corrected chi connectivity index (χ2v) is 11.5. The molecule has 1 atom stereocenters. The maximum atomic E-state index is 13.5. The molecule has 2 saturated heterocycles. The average molecular weight is 518 g/mol. The summed E-state index contributed by atoms with van der Waals surface area (Å²) in [7, 11) is -2.16. The van der Waals surface area contributed by atoms with Crippen molar-refractivity contribution >= 4 is 15.9 Å². The van der Waals surface area contributed by atoms with Crippen molar-refractivity contribution in [2.24, 2.45) is 0 Å². The molecule has 0 aliphatic carbocycles. The summed E-state index contributed by atoms with van der Waals surface area (Å²) in [6.07, 6.45) is 3.90. The third kappa shape index (κ3) is 5.41. The third-order valence-corrected chi connectivity index (χ3v) is 9.44. The van der Waals surface area contributed by atoms with Gasteiger partial charge < -0.3 is 19.5 Å². The van der Waals surface area contributed by atoms with Crippen LogP contribution in [0.25, 0.3) is 0 Å². The first-order chi connectivity index (χ1) is 17.2. The highest BCUT2D eigenvalue weighted by Gasteiger charge is 2.38. The van der Waals surface area contributed by atoms with Crippen molar-refractivity contribution in [3.63, 3.8) is 0 Å². The van der Waals surface area contributed by atoms with E-state index in [4.69, 9.17) is 9.47 Å². The van der Waals surface area contributed by atoms with Gasteiger partial charge in [0, 0.05) is 31.9 Å². The van der Waals surface area contributed by atoms with Crippen molar-refractivity contribution in [3.8, 4) is 5.75 Å². The first kappa shape index (κ1) is 26.5. The number of piperidine rings is 1. The monoisotopic (exact) mass is 517 g/mol. The standard InChI is InChI=1S/C26H35N3O6S/c1-19-15-22(34-3)16-20(2)25(19)36(32,33)29-12-6-7-21(29)17-35-18-24(30)28-13-9-26(31,10-14-28)23-8-4-5-11-27-23/h4-5,8,11,15-16,21,31H,6-7,9-10,12-14,17-18H2,1-3H3. The number of hydrogen-bond acceptors (Lipinski definition) is 7. The molecular formula is C26H35N3O6S. The Labute approximate surface area is 213 Å². The van der Waals surface area contributed by atoms with Gasteiger partial charge in [0.25, 0.3) is 0 Å². The Morgan fingerprint density at radius 2 is 1.86 bits per heavy atom. The SMILES string of the molecule is COc1cc(C)c(S(=O)(=O)N2CCCC2COCC(=O)N2CCC(O)(c3ccccn3)CC2)c(C)c1. The van der Waals surface area contributed by atoms with Crippen LogP contribution in [-0.4, -0.2) is 79.6 Å². The number of aromatic nitrogens is 1. The van der Waals surface area contributed by atoms with Gasteiger partial charge in [0.15, 0.2) is 0 Å². The molecule has 2 fully saturated rings. The smallest absolute Gasteiger partial charge is 0.248 e. The van der Waals surface area contributed by atoms with E-state index in [0.717, 1.165) is 6.42 Å². The third-order valence-electron chi connectivity index (χ3n) is 7.18. The van der Waals surface area contributed by atoms with Crippen molar-refractivity contribution in [3.05, 3.63) is 53.3 Å². The highest BCUT2D eigenvalue weighted by molar-refractivity contribution is 7.89. The van der Waals surface area contributed by atoms with E-state index in [9.17, 15) is 18.3 Å². The predicted octanol–water partition coefficient (Wildman–Crippen LogP) is 2.39. The van der Waals surface area contributed by atoms with Gasteiger partial charge in [0.2, 0.25) is 15.9 Å². The van der Waals surface area contributed by atoms with Crippen molar-refractivity contribution < 1.29 is 27.8 Å². The Kier molecular flexibility index (Phi) is 7.99. The van der Waals surface area contributed by atoms with Crippen LogP contribution in [0.5, 0.6) is 5.75 Å². The Morgan fingerprint density at radius 3 is 2.47 bits per heavy atom. The van der Waals surface area contributed by atoms with Gasteiger partial charge >= 0.3 is 0 Å². The number of likely N-dealkylation sites (tertiary alicyclic amines) is 1. The first-order valence-electron chi connectivity index (χ1n) is 12.3. The number of nitrogens with zero attached hydrogens (tertiary/aromatic N) is 3. The van der Waals surface area contributed by atoms with Crippen LogP contribution in [0.3, 0.4) is 0 Å². The summed E-state index contributed by atoms with van der Waals surface area (Å²) in [5.41, 5.74) is 0.877. The molecule has 1 unspecified atom stereocenters. The predicted molar refractivity (Wildman–Crippen MR) is 134 cm³/mol. The molecule has 1 aromatic carbocycles. The van der Waals surface area contributed by atoms with Crippen molar-refractivity contribution in [1.29, 1.82) is 0 Å². The van der Waals surface area contributed by atoms with Gasteiger partial charge in [0.1, 0.15) is 18.0 Å². The second-order valence-electron chi connectivity index (χ2n) is 9.64. The van der Waals surface area contributed by atoms with E-state index in [-0.39, 0.29) is 25.2 Å². The van der Waals surface area contributed by atoms with E-state index >= 15 is 0 Å². The minimum atomic E-state index is -3.72. The molecule has 2 aromatic rings. The molecule has 3 heterocycles. The first-order valence-corrected chi connectivity index (χ1v) is 13.8. The summed E-state index contributed by atoms with van der Waals surface area (Å²) in [6.45, 7) is 4.84. The highest BCUT2D eigenvalue weighted by Crippen LogP contribution is 2.33. The van der Waals surface area contributed by atoms with Gasteiger partial charge in [-0.3, -0.25) is 9.78 Å². The van der Waals surface area contributed by atoms with Crippen molar-refractivity contribution in [2.45, 2.75) is 56.1 Å². The fourth-order valence-corrected chi connectivity index (χ4v) is 7.33. The lowest BCUT2D eigenvalue weighted by Crippen LogP contribution is -2.47. The van der Waals surface area contributed by atoms with Gasteiger partial charge in [-0.05, 0) is 74.9 Å². The van der Waals surface area contributed by atoms with Crippen LogP contribution in [0.15, 0.2) is 41.4 Å². The number of hydrogen-bond donors (Lipinski definition) is 1. The molecule has 1 N–H and O–H groups in total. The lowest BCUT2D eigenvalue weighted by atomic mass is 9.88. The summed E-state index contributed by atoms with van der Waals surface area (Å²) >= 11 is 0. The molecule has 9 nitrogen and oxygen atoms in total. The fourth-order valence-electron chi connectivity index (χ4n) is 5.24. The molecule has 10 heteroatoms. The maximum absolute atomic E-state index is 13.5. The van der Waals surface area contributed by atoms with Crippen LogP contribution in [0.4, 0.5) is 0 Å². The minimum absolute atomic E-state index is 0.118. The summed E-state index contributed by atoms with van der Waals surface area (Å²) in [5.74, 6) is 0.465. The normalized spacial score (nSPS) is 20.4. The number of aryl methyl sites for hydroxylation is 2. The number of carbonyl (C=O) groups excluding carboxylic acids is 1. The van der Waals surface area contributed by atoms with Crippen LogP contribution < -0.4 is 4.74 Å². The average Bonchev–Trinajstić information content (AvgIpc) is 3.34. The van der Waals surface area contributed by atoms with Gasteiger partial charge in [-0.1, -0.05) is 6.07 Å². The number of sulfonamides is 1. The van der Waals surface area contributed by atoms with E-state index in [1.54, 1.807) is 56.3 Å². The summed E-state index contributed by atoms with van der Waals surface area (Å²) in [5, 5.41) is 10.9. The quantitative estimate of drug-likeness (QED) is 0.573. The zero-order valence-electron chi connectivity index (χ0n) is 21.1. The Balaban J connectivity index is 1.32. The van der Waals surface area contributed by atoms with E-state index in [1.807, 2.05) is 6.07 Å². The maximum Gasteiger partial charge on any atom is 0.248 e. The lowest BCUT2D eigenvalue weighted by molar-refractivity contribution is -0.141. The van der Waals surface area contributed by atoms with E-state index in [2.05, 4.69) is 4.98 Å². The van der Waals surface area contributed by atoms with E-state index in [0.29, 0.717) is 66.4 Å². The zero-order chi connectivity index (χ0) is 25.9. The van der Waals surface area contributed by atoms with Crippen LogP contribution in [0.2, 0.25) is 0 Å². The molecule has 1 amide bonds. The molecule has 196 valence electrons. The fraction of sp³-hybridized carbons (Fsp3) is 0.538. The zero-order valence-corrected chi connectivity index (χ0v) is 22.0. The summed E-state index contributed by atoms with van der Waals surface area (Å²) in [4.78, 5) is 19.0. The number of methoxy groups -OCH3 is 1. The Morgan fingerprint density at radius 1 is 1.17 bits per heavy atom. The van der Waals surface area contributed by atoms with Crippen LogP contribution in [0, 0.1) is 13.8 Å². The van der Waals surface area contributed by atoms with Gasteiger partial charge in [-0.15, -0.1) is 0 Å². The van der Waals surface area contributed by atoms with Crippen LogP contribution in [0.1, 0.15) is 42.5 Å². The largest absolute Gasteiger partial charge is 0.497 e. The molecule has 0 spiro atoms. The molecule has 2 aliphatic heterocycles. The number of aliphatic hydroxyl groups is 1. The van der Waals surface area contributed by atoms with Crippen LogP contribution in [-0.2, 0) is 25.2 Å². The minimum Gasteiger partial charge on any atom is -0.497 e. The lowest BCUT2D eigenvalue weighted by Gasteiger charge is -2.37. The number of carbonyl (C=O) groups is 1. The molecule has 2 aliphatic rings. The number of ether oxygens (including phenoxy) is 2. The topological polar surface area (TPSA) is 109 Å². The van der Waals surface area contributed by atoms with Gasteiger partial charge in [-0.2, -0.15) is 4.31 Å². The summed E-state index contributed by atoms with van der Waals surface area (Å²) < 4.78 is 39.6. The van der Waals surface area contributed by atoms with Crippen molar-refractivity contribution in [1.82, 2.24) is 14.2 Å². The van der Waals surface area contributed by atoms with E-state index < -0.39 is 15.6 Å². The molecule has 0 saturated carbocycles. The van der Waals surface area contributed by atoms with E-state index in [1.165, 1.54) is 4.31 Å². The van der Waals surface area contributed by atoms with Crippen LogP contribution >= 0.6 is 0 Å². The molecule has 0 bridgehead atoms. The molecule has 0 radical (unpaired) electrons.